The maximum Gasteiger partial charge on any atom is 0.0774 e. The van der Waals surface area contributed by atoms with E-state index in [1.165, 1.54) is 25.7 Å². The molecule has 4 aromatic heterocycles. The average Bonchev–Trinajstić information content (AvgIpc) is 4.05. The second-order valence-corrected chi connectivity index (χ2v) is 15.9. The van der Waals surface area contributed by atoms with E-state index in [4.69, 9.17) is 9.40 Å². The minimum Gasteiger partial charge on any atom is -0.557 e. The van der Waals surface area contributed by atoms with Gasteiger partial charge in [0.05, 0.1) is 22.5 Å². The van der Waals surface area contributed by atoms with Gasteiger partial charge in [-0.25, -0.2) is 0 Å². The minimum absolute atomic E-state index is 0. The number of nitrogens with zero attached hydrogens (tertiary/aromatic N) is 3. The van der Waals surface area contributed by atoms with Crippen molar-refractivity contribution in [3.63, 3.8) is 0 Å². The smallest absolute Gasteiger partial charge is 0.0774 e. The van der Waals surface area contributed by atoms with E-state index in [0.29, 0.717) is 0 Å². The molecule has 12 rings (SSSR count). The van der Waals surface area contributed by atoms with E-state index in [-0.39, 0.29) is 20.1 Å². The molecule has 62 heavy (non-hydrogen) atoms. The van der Waals surface area contributed by atoms with Crippen molar-refractivity contribution >= 4 is 53.5 Å². The molecule has 4 heterocycles. The molecule has 0 aliphatic carbocycles. The van der Waals surface area contributed by atoms with Crippen LogP contribution < -0.4 is 0 Å². The van der Waals surface area contributed by atoms with Crippen molar-refractivity contribution < 1.29 is 24.5 Å². The van der Waals surface area contributed by atoms with Gasteiger partial charge in [0.2, 0.25) is 0 Å². The third-order valence-corrected chi connectivity index (χ3v) is 12.2. The Morgan fingerprint density at radius 3 is 1.92 bits per heavy atom. The summed E-state index contributed by atoms with van der Waals surface area (Å²) in [6, 6.07) is 74.8. The van der Waals surface area contributed by atoms with Crippen molar-refractivity contribution in [3.05, 3.63) is 225 Å². The van der Waals surface area contributed by atoms with Gasteiger partial charge in [-0.15, -0.1) is 47.2 Å². The third kappa shape index (κ3) is 7.25. The zero-order chi connectivity index (χ0) is 40.5. The first kappa shape index (κ1) is 39.0. The Kier molecular flexibility index (Phi) is 10.7. The first-order valence-electron chi connectivity index (χ1n) is 20.2. The van der Waals surface area contributed by atoms with Crippen LogP contribution in [0.5, 0.6) is 0 Å². The van der Waals surface area contributed by atoms with Crippen LogP contribution in [0.3, 0.4) is 0 Å². The predicted octanol–water partition coefficient (Wildman–Crippen LogP) is 15.2. The van der Waals surface area contributed by atoms with E-state index in [9.17, 15) is 0 Å². The standard InChI is InChI=1S/C45H27N2OS.C11H8N.Ir/c1-3-12-29(13-4-1)33-17-11-18-34(30-14-5-2-6-15-30)44(33)47-40-20-9-8-19-39(40)46-45(47)38-28-48-41-24-22-31(26-36(38)41)32-23-25-43-37(27-32)35-16-7-10-21-42(35)49-43;1-2-6-10(7-3-1)11-8-4-5-9-12-11;/h1-27H;1-6,8-9H;/q2*-1;. The van der Waals surface area contributed by atoms with Gasteiger partial charge < -0.3 is 14.0 Å². The number of benzene rings is 8. The number of thiophene rings is 1. The normalized spacial score (nSPS) is 11.1. The van der Waals surface area contributed by atoms with Crippen LogP contribution in [-0.4, -0.2) is 14.5 Å². The van der Waals surface area contributed by atoms with E-state index < -0.39 is 0 Å². The van der Waals surface area contributed by atoms with E-state index in [1.54, 1.807) is 6.20 Å². The molecule has 0 unspecified atom stereocenters. The number of rotatable bonds is 6. The molecule has 0 bridgehead atoms. The molecule has 0 aliphatic heterocycles. The fraction of sp³-hybridized carbons (Fsp3) is 0. The molecule has 12 aromatic rings. The Morgan fingerprint density at radius 1 is 0.516 bits per heavy atom. The van der Waals surface area contributed by atoms with Crippen LogP contribution in [0.2, 0.25) is 0 Å². The van der Waals surface area contributed by atoms with Gasteiger partial charge in [0, 0.05) is 69.4 Å². The molecular weight excluding hydrogens is 955 g/mol. The van der Waals surface area contributed by atoms with Gasteiger partial charge in [-0.3, -0.25) is 4.98 Å². The number of hydrogen-bond acceptors (Lipinski definition) is 4. The number of pyridine rings is 1. The second-order valence-electron chi connectivity index (χ2n) is 14.8. The molecule has 6 heteroatoms. The number of para-hydroxylation sites is 3. The summed E-state index contributed by atoms with van der Waals surface area (Å²) in [4.78, 5) is 9.51. The summed E-state index contributed by atoms with van der Waals surface area (Å²) in [5.41, 5.74) is 13.4. The number of furan rings is 1. The van der Waals surface area contributed by atoms with E-state index in [0.717, 1.165) is 78.2 Å². The van der Waals surface area contributed by atoms with Crippen LogP contribution in [0.15, 0.2) is 217 Å². The fourth-order valence-electron chi connectivity index (χ4n) is 8.21. The largest absolute Gasteiger partial charge is 0.557 e. The topological polar surface area (TPSA) is 43.9 Å². The van der Waals surface area contributed by atoms with E-state index in [2.05, 4.69) is 180 Å². The molecule has 0 amide bonds. The summed E-state index contributed by atoms with van der Waals surface area (Å²) >= 11 is 1.84. The first-order chi connectivity index (χ1) is 30.3. The average molecular weight is 990 g/mol. The Morgan fingerprint density at radius 2 is 1.18 bits per heavy atom. The summed E-state index contributed by atoms with van der Waals surface area (Å²) in [5, 5.41) is 3.55. The Balaban J connectivity index is 0.000000305. The quantitative estimate of drug-likeness (QED) is 0.156. The van der Waals surface area contributed by atoms with Crippen molar-refractivity contribution in [2.75, 3.05) is 0 Å². The minimum atomic E-state index is 0. The molecule has 4 nitrogen and oxygen atoms in total. The molecule has 1 radical (unpaired) electrons. The van der Waals surface area contributed by atoms with Gasteiger partial charge in [-0.2, -0.15) is 0 Å². The zero-order valence-electron chi connectivity index (χ0n) is 33.2. The molecule has 0 fully saturated rings. The Labute approximate surface area is 376 Å². The zero-order valence-corrected chi connectivity index (χ0v) is 36.4. The van der Waals surface area contributed by atoms with Crippen LogP contribution in [0.4, 0.5) is 0 Å². The van der Waals surface area contributed by atoms with Crippen molar-refractivity contribution in [1.82, 2.24) is 14.5 Å². The fourth-order valence-corrected chi connectivity index (χ4v) is 9.29. The Bertz CT molecular complexity index is 3370. The Hall–Kier alpha value is -7.21. The molecule has 0 N–H and O–H groups in total. The maximum absolute atomic E-state index is 6.15. The third-order valence-electron chi connectivity index (χ3n) is 11.1. The van der Waals surface area contributed by atoms with Gasteiger partial charge >= 0.3 is 0 Å². The van der Waals surface area contributed by atoms with Crippen molar-refractivity contribution in [2.24, 2.45) is 0 Å². The van der Waals surface area contributed by atoms with Crippen LogP contribution >= 0.6 is 11.3 Å². The van der Waals surface area contributed by atoms with E-state index in [1.807, 2.05) is 59.9 Å². The van der Waals surface area contributed by atoms with Crippen LogP contribution in [0.1, 0.15) is 0 Å². The molecule has 297 valence electrons. The maximum atomic E-state index is 6.15. The van der Waals surface area contributed by atoms with Crippen LogP contribution in [0.25, 0.3) is 104 Å². The summed E-state index contributed by atoms with van der Waals surface area (Å²) < 4.78 is 11.1. The molecule has 0 spiro atoms. The number of imidazole rings is 1. The van der Waals surface area contributed by atoms with Crippen molar-refractivity contribution in [1.29, 1.82) is 0 Å². The number of aromatic nitrogens is 3. The van der Waals surface area contributed by atoms with Gasteiger partial charge in [-0.05, 0) is 64.3 Å². The van der Waals surface area contributed by atoms with Gasteiger partial charge in [0.25, 0.3) is 0 Å². The first-order valence-corrected chi connectivity index (χ1v) is 21.0. The molecule has 0 saturated heterocycles. The SMILES string of the molecule is [Ir].[c-]1ccccc1-c1ccccn1.[c-]1oc2ccc(-c3ccc4sc5ccccc5c4c3)cc2c1-c1nc2ccccc2n1-c1c(-c2ccccc2)cccc1-c1ccccc1. The van der Waals surface area contributed by atoms with Gasteiger partial charge in [0.1, 0.15) is 0 Å². The summed E-state index contributed by atoms with van der Waals surface area (Å²) in [6.45, 7) is 0. The molecule has 0 atom stereocenters. The van der Waals surface area contributed by atoms with Crippen molar-refractivity contribution in [2.45, 2.75) is 0 Å². The molecule has 0 aliphatic rings. The van der Waals surface area contributed by atoms with E-state index >= 15 is 0 Å². The van der Waals surface area contributed by atoms with Gasteiger partial charge in [0.15, 0.2) is 0 Å². The second kappa shape index (κ2) is 17.0. The van der Waals surface area contributed by atoms with Crippen LogP contribution in [0, 0.1) is 12.3 Å². The van der Waals surface area contributed by atoms with Gasteiger partial charge in [-0.1, -0.05) is 157 Å². The molecule has 0 saturated carbocycles. The summed E-state index contributed by atoms with van der Waals surface area (Å²) in [6.07, 6.45) is 5.08. The van der Waals surface area contributed by atoms with Crippen molar-refractivity contribution in [3.8, 4) is 61.7 Å². The monoisotopic (exact) mass is 990 g/mol. The number of fused-ring (bicyclic) bond motifs is 5. The number of hydrogen-bond donors (Lipinski definition) is 0. The predicted molar refractivity (Wildman–Crippen MR) is 253 cm³/mol. The molecular formula is C56H35IrN3OS-2. The summed E-state index contributed by atoms with van der Waals surface area (Å²) in [5.74, 6) is 0.789. The van der Waals surface area contributed by atoms with Crippen LogP contribution in [-0.2, 0) is 20.1 Å². The molecule has 8 aromatic carbocycles. The summed E-state index contributed by atoms with van der Waals surface area (Å²) in [7, 11) is 0.